The van der Waals surface area contributed by atoms with E-state index in [1.54, 1.807) is 0 Å². The maximum atomic E-state index is 12.0. The van der Waals surface area contributed by atoms with Crippen LogP contribution in [0.3, 0.4) is 0 Å². The normalized spacial score (nSPS) is 18.8. The Morgan fingerprint density at radius 2 is 2.00 bits per heavy atom. The third-order valence-electron chi connectivity index (χ3n) is 3.99. The number of nitrogens with zero attached hydrogens (tertiary/aromatic N) is 1. The number of nitrogens with two attached hydrogens (primary N) is 1. The molecule has 0 aromatic rings. The molecule has 0 spiro atoms. The number of amides is 2. The number of unbranched alkanes of at least 4 members (excludes halogenated alkanes) is 1. The van der Waals surface area contributed by atoms with Crippen LogP contribution in [0.1, 0.15) is 51.9 Å². The van der Waals surface area contributed by atoms with E-state index >= 15 is 0 Å². The van der Waals surface area contributed by atoms with Crippen LogP contribution in [0.15, 0.2) is 0 Å². The predicted octanol–water partition coefficient (Wildman–Crippen LogP) is 2.09. The third kappa shape index (κ3) is 3.60. The number of rotatable bonds is 5. The van der Waals surface area contributed by atoms with Gasteiger partial charge in [-0.3, -0.25) is 0 Å². The van der Waals surface area contributed by atoms with Crippen LogP contribution in [0.4, 0.5) is 4.79 Å². The summed E-state index contributed by atoms with van der Waals surface area (Å²) in [7, 11) is 1.89. The number of carbonyl (C=O) groups is 1. The first kappa shape index (κ1) is 14.3. The fourth-order valence-electron chi connectivity index (χ4n) is 2.59. The molecule has 2 amide bonds. The van der Waals surface area contributed by atoms with Crippen molar-refractivity contribution in [2.45, 2.75) is 57.4 Å². The first-order valence-corrected chi connectivity index (χ1v) is 6.88. The Bertz CT molecular complexity index is 237. The van der Waals surface area contributed by atoms with Gasteiger partial charge in [0.15, 0.2) is 0 Å². The highest BCUT2D eigenvalue weighted by molar-refractivity contribution is 5.74. The summed E-state index contributed by atoms with van der Waals surface area (Å²) in [6.45, 7) is 3.46. The van der Waals surface area contributed by atoms with E-state index < -0.39 is 0 Å². The summed E-state index contributed by atoms with van der Waals surface area (Å²) >= 11 is 0. The van der Waals surface area contributed by atoms with E-state index in [4.69, 9.17) is 5.73 Å². The second-order valence-electron chi connectivity index (χ2n) is 5.13. The average Bonchev–Trinajstić information content (AvgIpc) is 2.38. The molecular weight excluding hydrogens is 214 g/mol. The van der Waals surface area contributed by atoms with E-state index in [1.165, 1.54) is 19.3 Å². The summed E-state index contributed by atoms with van der Waals surface area (Å²) < 4.78 is 0. The molecule has 0 bridgehead atoms. The zero-order valence-corrected chi connectivity index (χ0v) is 11.3. The molecule has 0 radical (unpaired) electrons. The minimum Gasteiger partial charge on any atom is -0.338 e. The first-order chi connectivity index (χ1) is 8.16. The molecule has 0 unspecified atom stereocenters. The lowest BCUT2D eigenvalue weighted by molar-refractivity contribution is 0.104. The SMILES string of the molecule is CCCCNC(=O)N(C)C1(CN)CCCCC1. The topological polar surface area (TPSA) is 58.4 Å². The quantitative estimate of drug-likeness (QED) is 0.724. The van der Waals surface area contributed by atoms with Crippen LogP contribution in [0, 0.1) is 0 Å². The lowest BCUT2D eigenvalue weighted by Gasteiger charge is -2.43. The van der Waals surface area contributed by atoms with E-state index in [-0.39, 0.29) is 11.6 Å². The fraction of sp³-hybridized carbons (Fsp3) is 0.923. The molecule has 4 heteroatoms. The number of hydrogen-bond donors (Lipinski definition) is 2. The van der Waals surface area contributed by atoms with Crippen molar-refractivity contribution < 1.29 is 4.79 Å². The molecule has 1 aliphatic carbocycles. The van der Waals surface area contributed by atoms with Crippen LogP contribution in [-0.2, 0) is 0 Å². The van der Waals surface area contributed by atoms with Crippen LogP contribution in [0.2, 0.25) is 0 Å². The monoisotopic (exact) mass is 241 g/mol. The zero-order chi connectivity index (χ0) is 12.7. The lowest BCUT2D eigenvalue weighted by atomic mass is 9.80. The van der Waals surface area contributed by atoms with Crippen molar-refractivity contribution in [1.29, 1.82) is 0 Å². The molecule has 1 aliphatic rings. The van der Waals surface area contributed by atoms with Gasteiger partial charge in [-0.2, -0.15) is 0 Å². The molecule has 0 aromatic carbocycles. The Labute approximate surface area is 105 Å². The Morgan fingerprint density at radius 1 is 1.35 bits per heavy atom. The fourth-order valence-corrected chi connectivity index (χ4v) is 2.59. The number of likely N-dealkylation sites (N-methyl/N-ethyl adjacent to an activating group) is 1. The smallest absolute Gasteiger partial charge is 0.317 e. The summed E-state index contributed by atoms with van der Waals surface area (Å²) in [4.78, 5) is 13.9. The van der Waals surface area contributed by atoms with Crippen molar-refractivity contribution in [2.24, 2.45) is 5.73 Å². The van der Waals surface area contributed by atoms with Gasteiger partial charge in [-0.1, -0.05) is 32.6 Å². The molecule has 1 rings (SSSR count). The van der Waals surface area contributed by atoms with Gasteiger partial charge in [0.1, 0.15) is 0 Å². The Morgan fingerprint density at radius 3 is 2.53 bits per heavy atom. The van der Waals surface area contributed by atoms with Crippen LogP contribution in [-0.4, -0.2) is 36.6 Å². The average molecular weight is 241 g/mol. The van der Waals surface area contributed by atoms with Gasteiger partial charge in [-0.15, -0.1) is 0 Å². The third-order valence-corrected chi connectivity index (χ3v) is 3.99. The minimum atomic E-state index is -0.103. The van der Waals surface area contributed by atoms with Crippen molar-refractivity contribution in [2.75, 3.05) is 20.1 Å². The van der Waals surface area contributed by atoms with E-state index in [0.717, 1.165) is 32.2 Å². The van der Waals surface area contributed by atoms with E-state index in [9.17, 15) is 4.79 Å². The first-order valence-electron chi connectivity index (χ1n) is 6.88. The van der Waals surface area contributed by atoms with Crippen LogP contribution in [0.25, 0.3) is 0 Å². The maximum absolute atomic E-state index is 12.0. The van der Waals surface area contributed by atoms with Gasteiger partial charge in [0, 0.05) is 20.1 Å². The molecule has 4 nitrogen and oxygen atoms in total. The number of carbonyl (C=O) groups excluding carboxylic acids is 1. The van der Waals surface area contributed by atoms with Crippen molar-refractivity contribution in [3.05, 3.63) is 0 Å². The molecule has 1 saturated carbocycles. The van der Waals surface area contributed by atoms with Crippen molar-refractivity contribution in [3.63, 3.8) is 0 Å². The van der Waals surface area contributed by atoms with Crippen molar-refractivity contribution >= 4 is 6.03 Å². The van der Waals surface area contributed by atoms with Crippen molar-refractivity contribution in [3.8, 4) is 0 Å². The highest BCUT2D eigenvalue weighted by atomic mass is 16.2. The molecule has 0 aliphatic heterocycles. The Hall–Kier alpha value is -0.770. The maximum Gasteiger partial charge on any atom is 0.317 e. The van der Waals surface area contributed by atoms with Gasteiger partial charge < -0.3 is 16.0 Å². The number of nitrogens with one attached hydrogen (secondary N) is 1. The molecule has 3 N–H and O–H groups in total. The summed E-state index contributed by atoms with van der Waals surface area (Å²) in [5, 5.41) is 2.97. The highest BCUT2D eigenvalue weighted by Gasteiger charge is 2.37. The predicted molar refractivity (Wildman–Crippen MR) is 70.9 cm³/mol. The van der Waals surface area contributed by atoms with Gasteiger partial charge in [0.2, 0.25) is 0 Å². The van der Waals surface area contributed by atoms with Gasteiger partial charge in [-0.25, -0.2) is 4.79 Å². The van der Waals surface area contributed by atoms with Gasteiger partial charge in [-0.05, 0) is 19.3 Å². The van der Waals surface area contributed by atoms with E-state index in [2.05, 4.69) is 12.2 Å². The molecular formula is C13H27N3O. The molecule has 17 heavy (non-hydrogen) atoms. The molecule has 100 valence electrons. The molecule has 0 heterocycles. The summed E-state index contributed by atoms with van der Waals surface area (Å²) in [5.74, 6) is 0. The summed E-state index contributed by atoms with van der Waals surface area (Å²) in [6.07, 6.45) is 7.87. The van der Waals surface area contributed by atoms with Gasteiger partial charge >= 0.3 is 6.03 Å². The molecule has 0 atom stereocenters. The van der Waals surface area contributed by atoms with Gasteiger partial charge in [0.05, 0.1) is 5.54 Å². The Balaban J connectivity index is 2.52. The van der Waals surface area contributed by atoms with Crippen LogP contribution >= 0.6 is 0 Å². The summed E-state index contributed by atoms with van der Waals surface area (Å²) in [5.41, 5.74) is 5.81. The van der Waals surface area contributed by atoms with E-state index in [1.807, 2.05) is 11.9 Å². The highest BCUT2D eigenvalue weighted by Crippen LogP contribution is 2.31. The van der Waals surface area contributed by atoms with E-state index in [0.29, 0.717) is 6.54 Å². The van der Waals surface area contributed by atoms with Crippen molar-refractivity contribution in [1.82, 2.24) is 10.2 Å². The standard InChI is InChI=1S/C13H27N3O/c1-3-4-10-15-12(17)16(2)13(11-14)8-6-5-7-9-13/h3-11,14H2,1-2H3,(H,15,17). The second-order valence-corrected chi connectivity index (χ2v) is 5.13. The Kier molecular flexibility index (Phi) is 5.75. The van der Waals surface area contributed by atoms with Gasteiger partial charge in [0.25, 0.3) is 0 Å². The molecule has 0 saturated heterocycles. The minimum absolute atomic E-state index is 0.0331. The van der Waals surface area contributed by atoms with Crippen LogP contribution in [0.5, 0.6) is 0 Å². The van der Waals surface area contributed by atoms with Crippen LogP contribution < -0.4 is 11.1 Å². The second kappa shape index (κ2) is 6.84. The molecule has 0 aromatic heterocycles. The summed E-state index contributed by atoms with van der Waals surface area (Å²) in [6, 6.07) is 0.0331. The number of hydrogen-bond acceptors (Lipinski definition) is 2. The molecule has 1 fully saturated rings. The largest absolute Gasteiger partial charge is 0.338 e. The number of urea groups is 1. The lowest BCUT2D eigenvalue weighted by Crippen LogP contribution is -2.58. The zero-order valence-electron chi connectivity index (χ0n) is 11.3.